The quantitative estimate of drug-likeness (QED) is 0.720. The number of aldehydes is 1. The van der Waals surface area contributed by atoms with Crippen molar-refractivity contribution < 1.29 is 19.0 Å². The number of rotatable bonds is 5. The summed E-state index contributed by atoms with van der Waals surface area (Å²) in [6.07, 6.45) is 0.743. The summed E-state index contributed by atoms with van der Waals surface area (Å²) in [7, 11) is 3.05. The predicted molar refractivity (Wildman–Crippen MR) is 60.7 cm³/mol. The topological polar surface area (TPSA) is 44.8 Å². The molecule has 0 N–H and O–H groups in total. The first-order chi connectivity index (χ1) is 7.62. The second-order valence-corrected chi connectivity index (χ2v) is 3.53. The summed E-state index contributed by atoms with van der Waals surface area (Å²) in [5.41, 5.74) is 0.443. The SMILES string of the molecule is COc1cc(OC)c(OC(C)C)cc1C=O. The first-order valence-electron chi connectivity index (χ1n) is 5.00. The van der Waals surface area contributed by atoms with Crippen LogP contribution in [0.3, 0.4) is 0 Å². The molecule has 1 aromatic rings. The third-order valence-electron chi connectivity index (χ3n) is 2.01. The maximum Gasteiger partial charge on any atom is 0.164 e. The van der Waals surface area contributed by atoms with Gasteiger partial charge in [-0.3, -0.25) is 4.79 Å². The summed E-state index contributed by atoms with van der Waals surface area (Å²) >= 11 is 0. The number of carbonyl (C=O) groups is 1. The lowest BCUT2D eigenvalue weighted by molar-refractivity contribution is 0.111. The summed E-state index contributed by atoms with van der Waals surface area (Å²) in [6, 6.07) is 3.26. The van der Waals surface area contributed by atoms with E-state index in [1.54, 1.807) is 19.2 Å². The standard InChI is InChI=1S/C12H16O4/c1-8(2)16-12-5-9(7-13)10(14-3)6-11(12)15-4/h5-8H,1-4H3. The fourth-order valence-corrected chi connectivity index (χ4v) is 1.33. The minimum Gasteiger partial charge on any atom is -0.496 e. The Morgan fingerprint density at radius 1 is 1.06 bits per heavy atom. The van der Waals surface area contributed by atoms with Crippen LogP contribution in [0.15, 0.2) is 12.1 Å². The van der Waals surface area contributed by atoms with Crippen LogP contribution in [0, 0.1) is 0 Å². The maximum absolute atomic E-state index is 10.8. The van der Waals surface area contributed by atoms with Crippen LogP contribution in [0.25, 0.3) is 0 Å². The fraction of sp³-hybridized carbons (Fsp3) is 0.417. The molecule has 1 aromatic carbocycles. The zero-order valence-corrected chi connectivity index (χ0v) is 9.94. The van der Waals surface area contributed by atoms with Gasteiger partial charge in [0, 0.05) is 6.07 Å². The first-order valence-corrected chi connectivity index (χ1v) is 5.00. The Kier molecular flexibility index (Phi) is 4.17. The molecule has 0 spiro atoms. The van der Waals surface area contributed by atoms with E-state index in [9.17, 15) is 4.79 Å². The van der Waals surface area contributed by atoms with E-state index in [4.69, 9.17) is 14.2 Å². The van der Waals surface area contributed by atoms with Crippen molar-refractivity contribution in [2.75, 3.05) is 14.2 Å². The van der Waals surface area contributed by atoms with E-state index in [-0.39, 0.29) is 6.10 Å². The van der Waals surface area contributed by atoms with Gasteiger partial charge >= 0.3 is 0 Å². The molecule has 4 heteroatoms. The third-order valence-corrected chi connectivity index (χ3v) is 2.01. The molecule has 0 unspecified atom stereocenters. The van der Waals surface area contributed by atoms with Gasteiger partial charge in [0.2, 0.25) is 0 Å². The second-order valence-electron chi connectivity index (χ2n) is 3.53. The van der Waals surface area contributed by atoms with Gasteiger partial charge in [-0.05, 0) is 19.9 Å². The van der Waals surface area contributed by atoms with Crippen LogP contribution < -0.4 is 14.2 Å². The molecule has 0 atom stereocenters. The van der Waals surface area contributed by atoms with Gasteiger partial charge in [-0.15, -0.1) is 0 Å². The normalized spacial score (nSPS) is 10.1. The van der Waals surface area contributed by atoms with Crippen molar-refractivity contribution in [3.05, 3.63) is 17.7 Å². The Bertz CT molecular complexity index is 372. The van der Waals surface area contributed by atoms with Gasteiger partial charge in [0.05, 0.1) is 25.9 Å². The third kappa shape index (κ3) is 2.66. The van der Waals surface area contributed by atoms with Crippen molar-refractivity contribution in [1.82, 2.24) is 0 Å². The lowest BCUT2D eigenvalue weighted by Gasteiger charge is -2.15. The summed E-state index contributed by atoms with van der Waals surface area (Å²) < 4.78 is 15.8. The lowest BCUT2D eigenvalue weighted by atomic mass is 10.2. The van der Waals surface area contributed by atoms with E-state index in [1.807, 2.05) is 13.8 Å². The molecule has 0 aliphatic carbocycles. The van der Waals surface area contributed by atoms with Crippen LogP contribution in [0.4, 0.5) is 0 Å². The van der Waals surface area contributed by atoms with Crippen LogP contribution in [0.2, 0.25) is 0 Å². The van der Waals surface area contributed by atoms with Crippen molar-refractivity contribution in [2.24, 2.45) is 0 Å². The number of benzene rings is 1. The monoisotopic (exact) mass is 224 g/mol. The van der Waals surface area contributed by atoms with Gasteiger partial charge in [0.15, 0.2) is 17.8 Å². The van der Waals surface area contributed by atoms with Crippen molar-refractivity contribution in [1.29, 1.82) is 0 Å². The zero-order valence-electron chi connectivity index (χ0n) is 9.94. The molecular weight excluding hydrogens is 208 g/mol. The Labute approximate surface area is 95.1 Å². The smallest absolute Gasteiger partial charge is 0.164 e. The van der Waals surface area contributed by atoms with Gasteiger partial charge in [0.1, 0.15) is 5.75 Å². The Morgan fingerprint density at radius 2 is 1.69 bits per heavy atom. The van der Waals surface area contributed by atoms with E-state index in [1.165, 1.54) is 7.11 Å². The number of methoxy groups -OCH3 is 2. The van der Waals surface area contributed by atoms with Gasteiger partial charge in [-0.2, -0.15) is 0 Å². The molecule has 16 heavy (non-hydrogen) atoms. The van der Waals surface area contributed by atoms with E-state index in [2.05, 4.69) is 0 Å². The summed E-state index contributed by atoms with van der Waals surface area (Å²) in [6.45, 7) is 3.81. The maximum atomic E-state index is 10.8. The highest BCUT2D eigenvalue weighted by atomic mass is 16.5. The van der Waals surface area contributed by atoms with Crippen molar-refractivity contribution in [3.8, 4) is 17.2 Å². The highest BCUT2D eigenvalue weighted by Crippen LogP contribution is 2.34. The number of carbonyl (C=O) groups excluding carboxylic acids is 1. The number of ether oxygens (including phenoxy) is 3. The minimum atomic E-state index is 0.0156. The van der Waals surface area contributed by atoms with Crippen LogP contribution in [0.5, 0.6) is 17.2 Å². The Hall–Kier alpha value is -1.71. The summed E-state index contributed by atoms with van der Waals surface area (Å²) in [5.74, 6) is 1.57. The van der Waals surface area contributed by atoms with Crippen molar-refractivity contribution in [3.63, 3.8) is 0 Å². The average Bonchev–Trinajstić information content (AvgIpc) is 2.27. The van der Waals surface area contributed by atoms with Crippen LogP contribution in [-0.4, -0.2) is 26.6 Å². The molecule has 0 fully saturated rings. The van der Waals surface area contributed by atoms with E-state index < -0.39 is 0 Å². The van der Waals surface area contributed by atoms with Crippen LogP contribution in [0.1, 0.15) is 24.2 Å². The van der Waals surface area contributed by atoms with Crippen molar-refractivity contribution >= 4 is 6.29 Å². The molecule has 0 aliphatic rings. The van der Waals surface area contributed by atoms with Gasteiger partial charge in [0.25, 0.3) is 0 Å². The number of hydrogen-bond donors (Lipinski definition) is 0. The van der Waals surface area contributed by atoms with Gasteiger partial charge in [-0.1, -0.05) is 0 Å². The predicted octanol–water partition coefficient (Wildman–Crippen LogP) is 2.30. The Balaban J connectivity index is 3.20. The fourth-order valence-electron chi connectivity index (χ4n) is 1.33. The summed E-state index contributed by atoms with van der Waals surface area (Å²) in [5, 5.41) is 0. The molecule has 0 bridgehead atoms. The van der Waals surface area contributed by atoms with Crippen molar-refractivity contribution in [2.45, 2.75) is 20.0 Å². The van der Waals surface area contributed by atoms with Crippen LogP contribution in [-0.2, 0) is 0 Å². The molecule has 4 nitrogen and oxygen atoms in total. The molecule has 88 valence electrons. The largest absolute Gasteiger partial charge is 0.496 e. The molecule has 1 rings (SSSR count). The van der Waals surface area contributed by atoms with E-state index >= 15 is 0 Å². The molecule has 0 amide bonds. The Morgan fingerprint density at radius 3 is 2.12 bits per heavy atom. The van der Waals surface area contributed by atoms with E-state index in [0.29, 0.717) is 22.8 Å². The molecule has 0 radical (unpaired) electrons. The molecule has 0 saturated carbocycles. The van der Waals surface area contributed by atoms with Gasteiger partial charge < -0.3 is 14.2 Å². The average molecular weight is 224 g/mol. The first kappa shape index (κ1) is 12.4. The number of hydrogen-bond acceptors (Lipinski definition) is 4. The van der Waals surface area contributed by atoms with Gasteiger partial charge in [-0.25, -0.2) is 0 Å². The highest BCUT2D eigenvalue weighted by Gasteiger charge is 2.12. The highest BCUT2D eigenvalue weighted by molar-refractivity contribution is 5.81. The molecule has 0 aliphatic heterocycles. The molecular formula is C12H16O4. The summed E-state index contributed by atoms with van der Waals surface area (Å²) in [4.78, 5) is 10.8. The second kappa shape index (κ2) is 5.39. The molecule has 0 aromatic heterocycles. The van der Waals surface area contributed by atoms with Crippen LogP contribution >= 0.6 is 0 Å². The zero-order chi connectivity index (χ0) is 12.1. The lowest BCUT2D eigenvalue weighted by Crippen LogP contribution is -2.07. The molecule has 0 saturated heterocycles. The minimum absolute atomic E-state index is 0.0156. The molecule has 0 heterocycles. The van der Waals surface area contributed by atoms with E-state index in [0.717, 1.165) is 6.29 Å².